The fraction of sp³-hybridized carbons (Fsp3) is 0.429. The summed E-state index contributed by atoms with van der Waals surface area (Å²) in [5.41, 5.74) is 1.35. The van der Waals surface area contributed by atoms with Gasteiger partial charge in [0.1, 0.15) is 0 Å². The number of allylic oxidation sites excluding steroid dienone is 1. The number of benzene rings is 1. The minimum absolute atomic E-state index is 0.0598. The van der Waals surface area contributed by atoms with Crippen molar-refractivity contribution in [2.45, 2.75) is 37.2 Å². The number of aliphatic hydroxyl groups is 1. The standard InChI is InChI=1S/C14H18O/c1-2-3-9-13(15)14(10-11-14)12-7-5-4-6-8-12/h2,4-8,13,15H,1,3,9-11H2. The lowest BCUT2D eigenvalue weighted by Crippen LogP contribution is -2.25. The van der Waals surface area contributed by atoms with Crippen LogP contribution >= 0.6 is 0 Å². The van der Waals surface area contributed by atoms with E-state index in [0.717, 1.165) is 25.7 Å². The van der Waals surface area contributed by atoms with Crippen LogP contribution < -0.4 is 0 Å². The molecule has 0 saturated heterocycles. The molecule has 0 radical (unpaired) electrons. The number of rotatable bonds is 5. The Morgan fingerprint density at radius 3 is 2.53 bits per heavy atom. The SMILES string of the molecule is C=CCCC(O)C1(c2ccccc2)CC1. The first-order valence-corrected chi connectivity index (χ1v) is 5.64. The first-order chi connectivity index (χ1) is 7.29. The highest BCUT2D eigenvalue weighted by Crippen LogP contribution is 2.51. The monoisotopic (exact) mass is 202 g/mol. The molecule has 0 amide bonds. The molecule has 1 N–H and O–H groups in total. The maximum Gasteiger partial charge on any atom is 0.0639 e. The second-order valence-electron chi connectivity index (χ2n) is 4.40. The highest BCUT2D eigenvalue weighted by atomic mass is 16.3. The third-order valence-electron chi connectivity index (χ3n) is 3.42. The Bertz CT molecular complexity index is 324. The predicted octanol–water partition coefficient (Wildman–Crippen LogP) is 3.05. The van der Waals surface area contributed by atoms with E-state index in [1.165, 1.54) is 5.56 Å². The van der Waals surface area contributed by atoms with E-state index < -0.39 is 0 Å². The van der Waals surface area contributed by atoms with Crippen LogP contribution in [0.2, 0.25) is 0 Å². The quantitative estimate of drug-likeness (QED) is 0.728. The van der Waals surface area contributed by atoms with Gasteiger partial charge in [-0.3, -0.25) is 0 Å². The van der Waals surface area contributed by atoms with E-state index >= 15 is 0 Å². The summed E-state index contributed by atoms with van der Waals surface area (Å²) < 4.78 is 0. The number of hydrogen-bond donors (Lipinski definition) is 1. The highest BCUT2D eigenvalue weighted by molar-refractivity contribution is 5.32. The Balaban J connectivity index is 2.10. The van der Waals surface area contributed by atoms with Gasteiger partial charge in [0.25, 0.3) is 0 Å². The highest BCUT2D eigenvalue weighted by Gasteiger charge is 2.49. The third kappa shape index (κ3) is 1.98. The van der Waals surface area contributed by atoms with Gasteiger partial charge in [0.05, 0.1) is 6.10 Å². The molecule has 1 saturated carbocycles. The van der Waals surface area contributed by atoms with Crippen LogP contribution in [0.4, 0.5) is 0 Å². The number of hydrogen-bond acceptors (Lipinski definition) is 1. The lowest BCUT2D eigenvalue weighted by molar-refractivity contribution is 0.123. The van der Waals surface area contributed by atoms with Gasteiger partial charge in [-0.05, 0) is 31.2 Å². The first kappa shape index (κ1) is 10.4. The fourth-order valence-electron chi connectivity index (χ4n) is 2.27. The van der Waals surface area contributed by atoms with Crippen LogP contribution in [0.5, 0.6) is 0 Å². The zero-order valence-corrected chi connectivity index (χ0v) is 9.02. The van der Waals surface area contributed by atoms with Crippen LogP contribution in [0.25, 0.3) is 0 Å². The smallest absolute Gasteiger partial charge is 0.0639 e. The van der Waals surface area contributed by atoms with Gasteiger partial charge in [0.15, 0.2) is 0 Å². The molecule has 15 heavy (non-hydrogen) atoms. The average molecular weight is 202 g/mol. The van der Waals surface area contributed by atoms with Crippen molar-refractivity contribution in [2.24, 2.45) is 0 Å². The summed E-state index contributed by atoms with van der Waals surface area (Å²) in [7, 11) is 0. The zero-order chi connectivity index (χ0) is 10.7. The Morgan fingerprint density at radius 1 is 1.33 bits per heavy atom. The van der Waals surface area contributed by atoms with Crippen molar-refractivity contribution in [3.05, 3.63) is 48.6 Å². The Kier molecular flexibility index (Phi) is 2.92. The van der Waals surface area contributed by atoms with Crippen molar-refractivity contribution >= 4 is 0 Å². The summed E-state index contributed by atoms with van der Waals surface area (Å²) in [5.74, 6) is 0. The molecular weight excluding hydrogens is 184 g/mol. The van der Waals surface area contributed by atoms with Gasteiger partial charge in [-0.1, -0.05) is 36.4 Å². The molecule has 0 aliphatic heterocycles. The summed E-state index contributed by atoms with van der Waals surface area (Å²) in [6.45, 7) is 3.70. The molecule has 1 nitrogen and oxygen atoms in total. The van der Waals surface area contributed by atoms with Crippen LogP contribution in [0.15, 0.2) is 43.0 Å². The summed E-state index contributed by atoms with van der Waals surface area (Å²) in [6.07, 6.45) is 5.64. The Hall–Kier alpha value is -1.08. The molecule has 1 unspecified atom stereocenters. The topological polar surface area (TPSA) is 20.2 Å². The van der Waals surface area contributed by atoms with Crippen LogP contribution in [-0.2, 0) is 5.41 Å². The Morgan fingerprint density at radius 2 is 2.00 bits per heavy atom. The molecule has 1 aromatic carbocycles. The molecular formula is C14H18O. The van der Waals surface area contributed by atoms with Crippen molar-refractivity contribution < 1.29 is 5.11 Å². The van der Waals surface area contributed by atoms with Gasteiger partial charge >= 0.3 is 0 Å². The van der Waals surface area contributed by atoms with Crippen LogP contribution in [0.3, 0.4) is 0 Å². The molecule has 1 fully saturated rings. The molecule has 2 rings (SSSR count). The van der Waals surface area contributed by atoms with Crippen molar-refractivity contribution in [1.29, 1.82) is 0 Å². The zero-order valence-electron chi connectivity index (χ0n) is 9.02. The van der Waals surface area contributed by atoms with Crippen LogP contribution in [-0.4, -0.2) is 11.2 Å². The molecule has 0 spiro atoms. The molecule has 1 heteroatoms. The van der Waals surface area contributed by atoms with Gasteiger partial charge < -0.3 is 5.11 Å². The second kappa shape index (κ2) is 4.19. The van der Waals surface area contributed by atoms with E-state index in [9.17, 15) is 5.11 Å². The minimum atomic E-state index is -0.210. The summed E-state index contributed by atoms with van der Waals surface area (Å²) in [4.78, 5) is 0. The van der Waals surface area contributed by atoms with Crippen LogP contribution in [0, 0.1) is 0 Å². The maximum absolute atomic E-state index is 10.2. The third-order valence-corrected chi connectivity index (χ3v) is 3.42. The van der Waals surface area contributed by atoms with Crippen molar-refractivity contribution in [3.63, 3.8) is 0 Å². The maximum atomic E-state index is 10.2. The van der Waals surface area contributed by atoms with E-state index in [1.807, 2.05) is 12.1 Å². The molecule has 0 aromatic heterocycles. The lowest BCUT2D eigenvalue weighted by Gasteiger charge is -2.22. The van der Waals surface area contributed by atoms with E-state index in [0.29, 0.717) is 0 Å². The van der Waals surface area contributed by atoms with Crippen molar-refractivity contribution in [2.75, 3.05) is 0 Å². The second-order valence-corrected chi connectivity index (χ2v) is 4.40. The molecule has 1 aliphatic carbocycles. The van der Waals surface area contributed by atoms with Gasteiger partial charge in [0.2, 0.25) is 0 Å². The van der Waals surface area contributed by atoms with Gasteiger partial charge in [-0.15, -0.1) is 6.58 Å². The molecule has 1 aliphatic rings. The minimum Gasteiger partial charge on any atom is -0.392 e. The van der Waals surface area contributed by atoms with E-state index in [1.54, 1.807) is 0 Å². The largest absolute Gasteiger partial charge is 0.392 e. The van der Waals surface area contributed by atoms with Crippen molar-refractivity contribution in [3.8, 4) is 0 Å². The van der Waals surface area contributed by atoms with E-state index in [4.69, 9.17) is 0 Å². The summed E-state index contributed by atoms with van der Waals surface area (Å²) in [6, 6.07) is 10.4. The summed E-state index contributed by atoms with van der Waals surface area (Å²) >= 11 is 0. The van der Waals surface area contributed by atoms with E-state index in [2.05, 4.69) is 30.8 Å². The average Bonchev–Trinajstić information content (AvgIpc) is 3.08. The lowest BCUT2D eigenvalue weighted by atomic mass is 9.87. The fourth-order valence-corrected chi connectivity index (χ4v) is 2.27. The predicted molar refractivity (Wildman–Crippen MR) is 62.8 cm³/mol. The van der Waals surface area contributed by atoms with Gasteiger partial charge in [-0.25, -0.2) is 0 Å². The first-order valence-electron chi connectivity index (χ1n) is 5.64. The molecule has 1 atom stereocenters. The van der Waals surface area contributed by atoms with Crippen LogP contribution in [0.1, 0.15) is 31.2 Å². The molecule has 1 aromatic rings. The van der Waals surface area contributed by atoms with Gasteiger partial charge in [0, 0.05) is 5.41 Å². The number of aliphatic hydroxyl groups excluding tert-OH is 1. The molecule has 0 heterocycles. The normalized spacial score (nSPS) is 19.5. The van der Waals surface area contributed by atoms with E-state index in [-0.39, 0.29) is 11.5 Å². The molecule has 0 bridgehead atoms. The summed E-state index contributed by atoms with van der Waals surface area (Å²) in [5, 5.41) is 10.2. The molecule has 80 valence electrons. The van der Waals surface area contributed by atoms with Crippen molar-refractivity contribution in [1.82, 2.24) is 0 Å². The Labute approximate surface area is 91.4 Å². The van der Waals surface area contributed by atoms with Gasteiger partial charge in [-0.2, -0.15) is 0 Å².